The van der Waals surface area contributed by atoms with Crippen molar-refractivity contribution in [2.45, 2.75) is 6.54 Å². The van der Waals surface area contributed by atoms with Gasteiger partial charge in [-0.2, -0.15) is 0 Å². The van der Waals surface area contributed by atoms with Gasteiger partial charge in [-0.05, 0) is 0 Å². The quantitative estimate of drug-likeness (QED) is 0.656. The van der Waals surface area contributed by atoms with Gasteiger partial charge in [0.25, 0.3) is 0 Å². The van der Waals surface area contributed by atoms with Crippen LogP contribution in [0.3, 0.4) is 0 Å². The molecule has 1 radical (unpaired) electrons. The molecule has 0 spiro atoms. The van der Waals surface area contributed by atoms with Gasteiger partial charge in [-0.15, -0.1) is 6.54 Å². The summed E-state index contributed by atoms with van der Waals surface area (Å²) in [5, 5.41) is 3.77. The molecule has 11 heavy (non-hydrogen) atoms. The van der Waals surface area contributed by atoms with Crippen molar-refractivity contribution in [3.8, 4) is 0 Å². The third-order valence-corrected chi connectivity index (χ3v) is 1.64. The summed E-state index contributed by atoms with van der Waals surface area (Å²) in [5.74, 6) is -0.0735. The fourth-order valence-electron chi connectivity index (χ4n) is 1.11. The Morgan fingerprint density at radius 3 is 2.73 bits per heavy atom. The summed E-state index contributed by atoms with van der Waals surface area (Å²) in [4.78, 5) is 10.9. The van der Waals surface area contributed by atoms with Gasteiger partial charge in [-0.3, -0.25) is 0 Å². The van der Waals surface area contributed by atoms with E-state index < -0.39 is 0 Å². The van der Waals surface area contributed by atoms with Gasteiger partial charge in [0.15, 0.2) is 0 Å². The first kappa shape index (κ1) is 8.89. The number of benzene rings is 1. The molecule has 53 valence electrons. The molecular formula is C8H6NOY-. The van der Waals surface area contributed by atoms with Crippen LogP contribution in [0.2, 0.25) is 0 Å². The van der Waals surface area contributed by atoms with Gasteiger partial charge < -0.3 is 10.1 Å². The van der Waals surface area contributed by atoms with Gasteiger partial charge in [0.05, 0.1) is 5.91 Å². The number of rotatable bonds is 0. The van der Waals surface area contributed by atoms with Crippen LogP contribution >= 0.6 is 0 Å². The second kappa shape index (κ2) is 3.46. The third kappa shape index (κ3) is 1.52. The zero-order valence-corrected chi connectivity index (χ0v) is 8.79. The Labute approximate surface area is 90.3 Å². The minimum absolute atomic E-state index is 0. The molecular weight excluding hydrogens is 215 g/mol. The van der Waals surface area contributed by atoms with Crippen LogP contribution in [-0.4, -0.2) is 5.91 Å². The predicted octanol–water partition coefficient (Wildman–Crippen LogP) is 1.71. The van der Waals surface area contributed by atoms with Gasteiger partial charge in [-0.25, -0.2) is 0 Å². The van der Waals surface area contributed by atoms with Crippen LogP contribution < -0.4 is 0 Å². The number of hydrogen-bond acceptors (Lipinski definition) is 1. The fraction of sp³-hybridized carbons (Fsp3) is 0.125. The molecule has 1 aliphatic rings. The van der Waals surface area contributed by atoms with E-state index in [0.717, 1.165) is 11.1 Å². The van der Waals surface area contributed by atoms with E-state index in [1.807, 2.05) is 24.3 Å². The topological polar surface area (TPSA) is 31.2 Å². The third-order valence-electron chi connectivity index (χ3n) is 1.64. The van der Waals surface area contributed by atoms with Crippen LogP contribution in [0.25, 0.3) is 5.32 Å². The maximum Gasteiger partial charge on any atom is 0.0824 e. The Hall–Kier alpha value is -0.206. The minimum Gasteiger partial charge on any atom is -0.645 e. The average Bonchev–Trinajstić information content (AvgIpc) is 2.34. The van der Waals surface area contributed by atoms with Crippen molar-refractivity contribution in [1.29, 1.82) is 0 Å². The standard InChI is InChI=1S/C8H7NO.Y/c10-8-7-4-2-1-3-6(7)5-9-8;/h1-4H,5H2,(H,9,10);/p-1. The number of hydrogen-bond donors (Lipinski definition) is 0. The molecule has 2 nitrogen and oxygen atoms in total. The molecule has 1 heterocycles. The molecule has 3 heteroatoms. The summed E-state index contributed by atoms with van der Waals surface area (Å²) in [6, 6.07) is 7.53. The van der Waals surface area contributed by atoms with Crippen LogP contribution in [0.1, 0.15) is 15.9 Å². The van der Waals surface area contributed by atoms with Gasteiger partial charge in [-0.1, -0.05) is 29.8 Å². The zero-order chi connectivity index (χ0) is 6.97. The summed E-state index contributed by atoms with van der Waals surface area (Å²) < 4.78 is 0. The Kier molecular flexibility index (Phi) is 2.80. The second-order valence-electron chi connectivity index (χ2n) is 2.28. The van der Waals surface area contributed by atoms with Crippen molar-refractivity contribution < 1.29 is 37.5 Å². The summed E-state index contributed by atoms with van der Waals surface area (Å²) in [7, 11) is 0. The number of amides is 1. The van der Waals surface area contributed by atoms with Crippen LogP contribution in [0.15, 0.2) is 24.3 Å². The van der Waals surface area contributed by atoms with Gasteiger partial charge in [0.2, 0.25) is 0 Å². The van der Waals surface area contributed by atoms with Crippen molar-refractivity contribution in [2.75, 3.05) is 0 Å². The van der Waals surface area contributed by atoms with Crippen LogP contribution in [0, 0.1) is 0 Å². The van der Waals surface area contributed by atoms with Gasteiger partial charge >= 0.3 is 0 Å². The predicted molar refractivity (Wildman–Crippen MR) is 37.8 cm³/mol. The van der Waals surface area contributed by atoms with Crippen LogP contribution in [0.5, 0.6) is 0 Å². The van der Waals surface area contributed by atoms with Crippen LogP contribution in [0.4, 0.5) is 0 Å². The summed E-state index contributed by atoms with van der Waals surface area (Å²) in [6.45, 7) is 0.564. The number of carbonyl (C=O) groups excluding carboxylic acids is 1. The molecule has 1 aliphatic heterocycles. The molecule has 1 amide bonds. The fourth-order valence-corrected chi connectivity index (χ4v) is 1.11. The monoisotopic (exact) mass is 221 g/mol. The zero-order valence-electron chi connectivity index (χ0n) is 5.95. The van der Waals surface area contributed by atoms with E-state index >= 15 is 0 Å². The smallest absolute Gasteiger partial charge is 0.0824 e. The van der Waals surface area contributed by atoms with Crippen molar-refractivity contribution in [3.63, 3.8) is 0 Å². The Morgan fingerprint density at radius 2 is 2.00 bits per heavy atom. The Bertz CT molecular complexity index is 285. The van der Waals surface area contributed by atoms with E-state index in [0.29, 0.717) is 6.54 Å². The molecule has 0 N–H and O–H groups in total. The van der Waals surface area contributed by atoms with E-state index in [1.165, 1.54) is 0 Å². The van der Waals surface area contributed by atoms with E-state index in [1.54, 1.807) is 0 Å². The van der Waals surface area contributed by atoms with E-state index in [9.17, 15) is 4.79 Å². The number of carbonyl (C=O) groups is 1. The molecule has 0 atom stereocenters. The Morgan fingerprint density at radius 1 is 1.27 bits per heavy atom. The minimum atomic E-state index is -0.0735. The number of nitrogens with zero attached hydrogens (tertiary/aromatic N) is 1. The largest absolute Gasteiger partial charge is 0.645 e. The van der Waals surface area contributed by atoms with E-state index in [2.05, 4.69) is 5.32 Å². The average molecular weight is 221 g/mol. The molecule has 0 unspecified atom stereocenters. The molecule has 0 saturated carbocycles. The first-order valence-electron chi connectivity index (χ1n) is 3.17. The molecule has 1 aromatic rings. The summed E-state index contributed by atoms with van der Waals surface area (Å²) in [5.41, 5.74) is 1.81. The Balaban J connectivity index is 0.000000605. The maximum atomic E-state index is 10.9. The molecule has 0 aliphatic carbocycles. The normalized spacial score (nSPS) is 13.3. The van der Waals surface area contributed by atoms with Crippen molar-refractivity contribution >= 4 is 5.91 Å². The second-order valence-corrected chi connectivity index (χ2v) is 2.28. The first-order chi connectivity index (χ1) is 4.88. The van der Waals surface area contributed by atoms with Crippen molar-refractivity contribution in [1.82, 2.24) is 0 Å². The van der Waals surface area contributed by atoms with E-state index in [4.69, 9.17) is 0 Å². The van der Waals surface area contributed by atoms with Crippen LogP contribution in [-0.2, 0) is 39.3 Å². The first-order valence-corrected chi connectivity index (χ1v) is 3.17. The molecule has 2 rings (SSSR count). The van der Waals surface area contributed by atoms with E-state index in [-0.39, 0.29) is 38.6 Å². The summed E-state index contributed by atoms with van der Waals surface area (Å²) >= 11 is 0. The molecule has 0 saturated heterocycles. The van der Waals surface area contributed by atoms with Crippen molar-refractivity contribution in [2.24, 2.45) is 0 Å². The number of fused-ring (bicyclic) bond motifs is 1. The SMILES string of the molecule is O=C1[N-]Cc2ccccc21.[Y]. The summed E-state index contributed by atoms with van der Waals surface area (Å²) in [6.07, 6.45) is 0. The molecule has 0 aromatic heterocycles. The van der Waals surface area contributed by atoms with Gasteiger partial charge in [0, 0.05) is 38.3 Å². The van der Waals surface area contributed by atoms with Crippen molar-refractivity contribution in [3.05, 3.63) is 40.7 Å². The molecule has 0 bridgehead atoms. The van der Waals surface area contributed by atoms with Gasteiger partial charge in [0.1, 0.15) is 0 Å². The molecule has 0 fully saturated rings. The maximum absolute atomic E-state index is 10.9. The molecule has 1 aromatic carbocycles.